The van der Waals surface area contributed by atoms with E-state index in [1.165, 1.54) is 23.5 Å². The maximum atomic E-state index is 13.0. The summed E-state index contributed by atoms with van der Waals surface area (Å²) in [5, 5.41) is 2.64. The maximum absolute atomic E-state index is 13.0. The van der Waals surface area contributed by atoms with Crippen LogP contribution in [0.5, 0.6) is 11.5 Å². The van der Waals surface area contributed by atoms with E-state index in [2.05, 4.69) is 5.32 Å². The minimum absolute atomic E-state index is 0.0394. The van der Waals surface area contributed by atoms with Crippen molar-refractivity contribution in [2.24, 2.45) is 11.7 Å². The Kier molecular flexibility index (Phi) is 4.66. The average molecular weight is 355 g/mol. The first-order valence-corrected chi connectivity index (χ1v) is 9.24. The number of piperidine rings is 1. The van der Waals surface area contributed by atoms with Crippen LogP contribution in [0.3, 0.4) is 0 Å². The second kappa shape index (κ2) is 6.58. The van der Waals surface area contributed by atoms with Gasteiger partial charge in [-0.3, -0.25) is 4.79 Å². The number of amides is 1. The zero-order valence-electron chi connectivity index (χ0n) is 13.4. The largest absolute Gasteiger partial charge is 0.495 e. The second-order valence-corrected chi connectivity index (χ2v) is 7.85. The van der Waals surface area contributed by atoms with Crippen LogP contribution in [0.1, 0.15) is 12.8 Å². The van der Waals surface area contributed by atoms with Gasteiger partial charge >= 0.3 is 0 Å². The van der Waals surface area contributed by atoms with Crippen molar-refractivity contribution in [2.75, 3.05) is 38.7 Å². The highest BCUT2D eigenvalue weighted by Gasteiger charge is 2.33. The minimum Gasteiger partial charge on any atom is -0.495 e. The molecule has 2 aliphatic rings. The Morgan fingerprint density at radius 1 is 1.46 bits per heavy atom. The van der Waals surface area contributed by atoms with Gasteiger partial charge in [0.1, 0.15) is 16.4 Å². The van der Waals surface area contributed by atoms with E-state index in [-0.39, 0.29) is 29.1 Å². The third kappa shape index (κ3) is 3.06. The molecule has 8 nitrogen and oxygen atoms in total. The molecule has 24 heavy (non-hydrogen) atoms. The van der Waals surface area contributed by atoms with Gasteiger partial charge in [0.15, 0.2) is 6.61 Å². The smallest absolute Gasteiger partial charge is 0.262 e. The molecule has 0 bridgehead atoms. The van der Waals surface area contributed by atoms with E-state index in [1.54, 1.807) is 0 Å². The van der Waals surface area contributed by atoms with E-state index in [9.17, 15) is 13.2 Å². The van der Waals surface area contributed by atoms with Gasteiger partial charge in [-0.05, 0) is 25.3 Å². The van der Waals surface area contributed by atoms with Crippen molar-refractivity contribution in [1.29, 1.82) is 0 Å². The molecule has 1 unspecified atom stereocenters. The van der Waals surface area contributed by atoms with Gasteiger partial charge in [-0.15, -0.1) is 0 Å². The van der Waals surface area contributed by atoms with E-state index >= 15 is 0 Å². The van der Waals surface area contributed by atoms with E-state index < -0.39 is 10.0 Å². The number of hydrogen-bond acceptors (Lipinski definition) is 6. The van der Waals surface area contributed by atoms with E-state index in [1.807, 2.05) is 0 Å². The van der Waals surface area contributed by atoms with Crippen LogP contribution in [0.2, 0.25) is 0 Å². The van der Waals surface area contributed by atoms with Crippen molar-refractivity contribution in [3.63, 3.8) is 0 Å². The summed E-state index contributed by atoms with van der Waals surface area (Å²) in [6, 6.07) is 2.89. The molecule has 2 aliphatic heterocycles. The summed E-state index contributed by atoms with van der Waals surface area (Å²) in [6.07, 6.45) is 1.71. The Balaban J connectivity index is 1.99. The quantitative estimate of drug-likeness (QED) is 0.808. The summed E-state index contributed by atoms with van der Waals surface area (Å²) >= 11 is 0. The number of ether oxygens (including phenoxy) is 2. The van der Waals surface area contributed by atoms with Crippen molar-refractivity contribution in [3.8, 4) is 11.5 Å². The molecular formula is C15H21N3O5S. The molecule has 1 aromatic carbocycles. The topological polar surface area (TPSA) is 111 Å². The lowest BCUT2D eigenvalue weighted by Gasteiger charge is -2.32. The third-order valence-electron chi connectivity index (χ3n) is 4.33. The first-order chi connectivity index (χ1) is 11.5. The van der Waals surface area contributed by atoms with Gasteiger partial charge in [0, 0.05) is 25.2 Å². The van der Waals surface area contributed by atoms with E-state index in [0.717, 1.165) is 12.8 Å². The number of rotatable bonds is 4. The Labute approximate surface area is 141 Å². The number of nitrogens with one attached hydrogen (secondary N) is 1. The fourth-order valence-electron chi connectivity index (χ4n) is 3.03. The standard InChI is InChI=1S/C15H21N3O5S/c1-22-13-5-11-12(23-9-15(19)17-11)6-14(13)24(20,21)18-4-2-3-10(7-16)8-18/h5-6,10H,2-4,7-9,16H2,1H3,(H,17,19). The summed E-state index contributed by atoms with van der Waals surface area (Å²) in [6.45, 7) is 1.17. The van der Waals surface area contributed by atoms with Gasteiger partial charge in [0.05, 0.1) is 12.8 Å². The molecule has 0 aromatic heterocycles. The molecule has 0 aliphatic carbocycles. The van der Waals surface area contributed by atoms with Crippen molar-refractivity contribution < 1.29 is 22.7 Å². The van der Waals surface area contributed by atoms with Crippen molar-refractivity contribution in [2.45, 2.75) is 17.7 Å². The Bertz CT molecular complexity index is 750. The molecule has 3 N–H and O–H groups in total. The van der Waals surface area contributed by atoms with Crippen LogP contribution >= 0.6 is 0 Å². The normalized spacial score (nSPS) is 21.6. The van der Waals surface area contributed by atoms with Crippen molar-refractivity contribution in [1.82, 2.24) is 4.31 Å². The van der Waals surface area contributed by atoms with Crippen LogP contribution in [-0.4, -0.2) is 52.0 Å². The molecule has 1 amide bonds. The van der Waals surface area contributed by atoms with Gasteiger partial charge in [-0.25, -0.2) is 8.42 Å². The molecule has 0 radical (unpaired) electrons. The summed E-state index contributed by atoms with van der Waals surface area (Å²) < 4.78 is 38.1. The Morgan fingerprint density at radius 3 is 2.96 bits per heavy atom. The fourth-order valence-corrected chi connectivity index (χ4v) is 4.73. The van der Waals surface area contributed by atoms with Crippen LogP contribution in [0, 0.1) is 5.92 Å². The Hall–Kier alpha value is -1.84. The molecule has 3 rings (SSSR count). The lowest BCUT2D eigenvalue weighted by atomic mass is 10.0. The van der Waals surface area contributed by atoms with Crippen molar-refractivity contribution in [3.05, 3.63) is 12.1 Å². The zero-order chi connectivity index (χ0) is 17.3. The number of methoxy groups -OCH3 is 1. The predicted molar refractivity (Wildman–Crippen MR) is 87.7 cm³/mol. The van der Waals surface area contributed by atoms with Crippen LogP contribution in [0.15, 0.2) is 17.0 Å². The number of hydrogen-bond donors (Lipinski definition) is 2. The lowest BCUT2D eigenvalue weighted by molar-refractivity contribution is -0.118. The van der Waals surface area contributed by atoms with Gasteiger partial charge in [-0.1, -0.05) is 0 Å². The van der Waals surface area contributed by atoms with E-state index in [4.69, 9.17) is 15.2 Å². The first kappa shape index (κ1) is 17.0. The summed E-state index contributed by atoms with van der Waals surface area (Å²) in [5.74, 6) is 0.366. The Morgan fingerprint density at radius 2 is 2.25 bits per heavy atom. The molecule has 1 aromatic rings. The first-order valence-electron chi connectivity index (χ1n) is 7.80. The molecule has 1 fully saturated rings. The number of sulfonamides is 1. The molecule has 0 spiro atoms. The summed E-state index contributed by atoms with van der Waals surface area (Å²) in [5.41, 5.74) is 6.10. The van der Waals surface area contributed by atoms with Crippen LogP contribution < -0.4 is 20.5 Å². The van der Waals surface area contributed by atoms with Gasteiger partial charge in [0.2, 0.25) is 10.0 Å². The molecule has 2 heterocycles. The monoisotopic (exact) mass is 355 g/mol. The SMILES string of the molecule is COc1cc2c(cc1S(=O)(=O)N1CCCC(CN)C1)OCC(=O)N2. The number of nitrogens with zero attached hydrogens (tertiary/aromatic N) is 1. The van der Waals surface area contributed by atoms with Crippen molar-refractivity contribution >= 4 is 21.6 Å². The highest BCUT2D eigenvalue weighted by atomic mass is 32.2. The number of carbonyl (C=O) groups excluding carboxylic acids is 1. The summed E-state index contributed by atoms with van der Waals surface area (Å²) in [7, 11) is -2.34. The highest BCUT2D eigenvalue weighted by Crippen LogP contribution is 2.39. The molecule has 9 heteroatoms. The predicted octanol–water partition coefficient (Wildman–Crippen LogP) is 0.386. The van der Waals surface area contributed by atoms with E-state index in [0.29, 0.717) is 31.1 Å². The molecule has 0 saturated carbocycles. The molecular weight excluding hydrogens is 334 g/mol. The third-order valence-corrected chi connectivity index (χ3v) is 6.22. The number of anilines is 1. The number of benzene rings is 1. The van der Waals surface area contributed by atoms with Gasteiger partial charge in [-0.2, -0.15) is 4.31 Å². The second-order valence-electron chi connectivity index (χ2n) is 5.94. The number of carbonyl (C=O) groups is 1. The maximum Gasteiger partial charge on any atom is 0.262 e. The molecule has 132 valence electrons. The fraction of sp³-hybridized carbons (Fsp3) is 0.533. The molecule has 1 atom stereocenters. The highest BCUT2D eigenvalue weighted by molar-refractivity contribution is 7.89. The lowest BCUT2D eigenvalue weighted by Crippen LogP contribution is -2.42. The van der Waals surface area contributed by atoms with Gasteiger partial charge in [0.25, 0.3) is 5.91 Å². The van der Waals surface area contributed by atoms with Crippen LogP contribution in [0.25, 0.3) is 0 Å². The van der Waals surface area contributed by atoms with Gasteiger partial charge < -0.3 is 20.5 Å². The number of fused-ring (bicyclic) bond motifs is 1. The zero-order valence-corrected chi connectivity index (χ0v) is 14.3. The van der Waals surface area contributed by atoms with Crippen LogP contribution in [0.4, 0.5) is 5.69 Å². The number of nitrogens with two attached hydrogens (primary N) is 1. The van der Waals surface area contributed by atoms with Crippen LogP contribution in [-0.2, 0) is 14.8 Å². The minimum atomic E-state index is -3.73. The summed E-state index contributed by atoms with van der Waals surface area (Å²) in [4.78, 5) is 11.4. The average Bonchev–Trinajstić information content (AvgIpc) is 2.60. The molecule has 1 saturated heterocycles.